The lowest BCUT2D eigenvalue weighted by atomic mass is 9.89. The van der Waals surface area contributed by atoms with E-state index in [4.69, 9.17) is 5.26 Å². The fourth-order valence-corrected chi connectivity index (χ4v) is 2.64. The SMILES string of the molecule is CCC(C)N1CCN(CCCCC(C)(C)C#N)CC1. The molecule has 1 atom stereocenters. The maximum absolute atomic E-state index is 8.98. The monoisotopic (exact) mass is 265 g/mol. The van der Waals surface area contributed by atoms with Crippen molar-refractivity contribution in [2.75, 3.05) is 32.7 Å². The second kappa shape index (κ2) is 7.87. The topological polar surface area (TPSA) is 30.3 Å². The summed E-state index contributed by atoms with van der Waals surface area (Å²) < 4.78 is 0. The van der Waals surface area contributed by atoms with Gasteiger partial charge in [-0.1, -0.05) is 13.3 Å². The summed E-state index contributed by atoms with van der Waals surface area (Å²) in [6.07, 6.45) is 4.68. The van der Waals surface area contributed by atoms with Crippen LogP contribution in [0.15, 0.2) is 0 Å². The quantitative estimate of drug-likeness (QED) is 0.663. The maximum atomic E-state index is 8.98. The van der Waals surface area contributed by atoms with E-state index >= 15 is 0 Å². The first-order valence-corrected chi connectivity index (χ1v) is 7.86. The fourth-order valence-electron chi connectivity index (χ4n) is 2.64. The van der Waals surface area contributed by atoms with Crippen LogP contribution in [-0.2, 0) is 0 Å². The lowest BCUT2D eigenvalue weighted by Gasteiger charge is -2.37. The van der Waals surface area contributed by atoms with Crippen LogP contribution in [0.4, 0.5) is 0 Å². The van der Waals surface area contributed by atoms with Gasteiger partial charge in [-0.25, -0.2) is 0 Å². The van der Waals surface area contributed by atoms with Crippen molar-refractivity contribution in [3.63, 3.8) is 0 Å². The molecule has 1 saturated heterocycles. The van der Waals surface area contributed by atoms with Gasteiger partial charge >= 0.3 is 0 Å². The van der Waals surface area contributed by atoms with Gasteiger partial charge in [0.15, 0.2) is 0 Å². The minimum Gasteiger partial charge on any atom is -0.301 e. The number of nitriles is 1. The standard InChI is InChI=1S/C16H31N3/c1-5-15(2)19-12-10-18(11-13-19)9-7-6-8-16(3,4)14-17/h15H,5-13H2,1-4H3. The molecule has 0 bridgehead atoms. The number of hydrogen-bond donors (Lipinski definition) is 0. The third-order valence-corrected chi connectivity index (χ3v) is 4.45. The average Bonchev–Trinajstić information content (AvgIpc) is 2.43. The second-order valence-corrected chi connectivity index (χ2v) is 6.59. The average molecular weight is 265 g/mol. The first-order valence-electron chi connectivity index (χ1n) is 7.86. The third-order valence-electron chi connectivity index (χ3n) is 4.45. The second-order valence-electron chi connectivity index (χ2n) is 6.59. The van der Waals surface area contributed by atoms with Crippen molar-refractivity contribution in [3.8, 4) is 6.07 Å². The van der Waals surface area contributed by atoms with E-state index in [-0.39, 0.29) is 5.41 Å². The van der Waals surface area contributed by atoms with Gasteiger partial charge in [-0.3, -0.25) is 4.90 Å². The van der Waals surface area contributed by atoms with Crippen molar-refractivity contribution >= 4 is 0 Å². The van der Waals surface area contributed by atoms with E-state index in [1.807, 2.05) is 13.8 Å². The summed E-state index contributed by atoms with van der Waals surface area (Å²) >= 11 is 0. The molecular weight excluding hydrogens is 234 g/mol. The van der Waals surface area contributed by atoms with Crippen molar-refractivity contribution in [3.05, 3.63) is 0 Å². The number of rotatable bonds is 7. The Labute approximate surface area is 119 Å². The lowest BCUT2D eigenvalue weighted by molar-refractivity contribution is 0.0991. The van der Waals surface area contributed by atoms with Crippen molar-refractivity contribution in [2.45, 2.75) is 59.4 Å². The smallest absolute Gasteiger partial charge is 0.0683 e. The Balaban J connectivity index is 2.12. The Bertz CT molecular complexity index is 285. The van der Waals surface area contributed by atoms with E-state index in [0.717, 1.165) is 12.5 Å². The van der Waals surface area contributed by atoms with Crippen LogP contribution in [0.3, 0.4) is 0 Å². The highest BCUT2D eigenvalue weighted by Crippen LogP contribution is 2.21. The Morgan fingerprint density at radius 2 is 1.79 bits per heavy atom. The molecule has 1 unspecified atom stereocenters. The zero-order valence-electron chi connectivity index (χ0n) is 13.3. The minimum atomic E-state index is -0.144. The highest BCUT2D eigenvalue weighted by molar-refractivity contribution is 4.91. The van der Waals surface area contributed by atoms with Crippen LogP contribution in [0.1, 0.15) is 53.4 Å². The summed E-state index contributed by atoms with van der Waals surface area (Å²) in [6.45, 7) is 14.8. The van der Waals surface area contributed by atoms with E-state index in [9.17, 15) is 0 Å². The predicted molar refractivity (Wildman–Crippen MR) is 81.0 cm³/mol. The summed E-state index contributed by atoms with van der Waals surface area (Å²) in [6, 6.07) is 3.12. The highest BCUT2D eigenvalue weighted by atomic mass is 15.3. The van der Waals surface area contributed by atoms with Gasteiger partial charge in [0.2, 0.25) is 0 Å². The molecule has 1 aliphatic rings. The Morgan fingerprint density at radius 1 is 1.16 bits per heavy atom. The molecule has 3 heteroatoms. The van der Waals surface area contributed by atoms with Gasteiger partial charge in [-0.15, -0.1) is 0 Å². The molecule has 1 fully saturated rings. The number of unbranched alkanes of at least 4 members (excludes halogenated alkanes) is 1. The van der Waals surface area contributed by atoms with Gasteiger partial charge in [-0.05, 0) is 46.6 Å². The molecule has 0 spiro atoms. The van der Waals surface area contributed by atoms with E-state index in [2.05, 4.69) is 29.7 Å². The Hall–Kier alpha value is -0.590. The largest absolute Gasteiger partial charge is 0.301 e. The van der Waals surface area contributed by atoms with Crippen molar-refractivity contribution in [2.24, 2.45) is 5.41 Å². The molecule has 0 aromatic rings. The third kappa shape index (κ3) is 5.93. The number of hydrogen-bond acceptors (Lipinski definition) is 3. The first kappa shape index (κ1) is 16.5. The van der Waals surface area contributed by atoms with Crippen molar-refractivity contribution in [1.29, 1.82) is 5.26 Å². The van der Waals surface area contributed by atoms with E-state index < -0.39 is 0 Å². The van der Waals surface area contributed by atoms with E-state index in [0.29, 0.717) is 0 Å². The summed E-state index contributed by atoms with van der Waals surface area (Å²) in [5, 5.41) is 8.98. The first-order chi connectivity index (χ1) is 8.98. The fraction of sp³-hybridized carbons (Fsp3) is 0.938. The molecule has 0 amide bonds. The molecule has 1 rings (SSSR count). The molecule has 0 saturated carbocycles. The van der Waals surface area contributed by atoms with Crippen LogP contribution in [-0.4, -0.2) is 48.6 Å². The van der Waals surface area contributed by atoms with E-state index in [1.54, 1.807) is 0 Å². The van der Waals surface area contributed by atoms with Crippen LogP contribution in [0.5, 0.6) is 0 Å². The van der Waals surface area contributed by atoms with Crippen LogP contribution < -0.4 is 0 Å². The summed E-state index contributed by atoms with van der Waals surface area (Å²) in [5.74, 6) is 0. The van der Waals surface area contributed by atoms with Gasteiger partial charge < -0.3 is 4.90 Å². The molecule has 3 nitrogen and oxygen atoms in total. The van der Waals surface area contributed by atoms with Gasteiger partial charge in [0.05, 0.1) is 11.5 Å². The van der Waals surface area contributed by atoms with E-state index in [1.165, 1.54) is 52.0 Å². The van der Waals surface area contributed by atoms with Crippen LogP contribution in [0, 0.1) is 16.7 Å². The van der Waals surface area contributed by atoms with Gasteiger partial charge in [0, 0.05) is 32.2 Å². The highest BCUT2D eigenvalue weighted by Gasteiger charge is 2.20. The van der Waals surface area contributed by atoms with Crippen LogP contribution in [0.2, 0.25) is 0 Å². The molecule has 1 aliphatic heterocycles. The van der Waals surface area contributed by atoms with Crippen molar-refractivity contribution < 1.29 is 0 Å². The molecule has 0 aliphatic carbocycles. The molecule has 0 radical (unpaired) electrons. The normalized spacial score (nSPS) is 20.2. The Kier molecular flexibility index (Phi) is 6.82. The molecule has 0 N–H and O–H groups in total. The van der Waals surface area contributed by atoms with Gasteiger partial charge in [-0.2, -0.15) is 5.26 Å². The summed E-state index contributed by atoms with van der Waals surface area (Å²) in [4.78, 5) is 5.19. The minimum absolute atomic E-state index is 0.144. The number of nitrogens with zero attached hydrogens (tertiary/aromatic N) is 3. The molecule has 1 heterocycles. The van der Waals surface area contributed by atoms with Crippen LogP contribution in [0.25, 0.3) is 0 Å². The molecule has 0 aromatic carbocycles. The summed E-state index contributed by atoms with van der Waals surface area (Å²) in [7, 11) is 0. The lowest BCUT2D eigenvalue weighted by Crippen LogP contribution is -2.49. The van der Waals surface area contributed by atoms with Gasteiger partial charge in [0.1, 0.15) is 0 Å². The molecule has 110 valence electrons. The zero-order chi connectivity index (χ0) is 14.3. The Morgan fingerprint density at radius 3 is 2.32 bits per heavy atom. The molecule has 0 aromatic heterocycles. The maximum Gasteiger partial charge on any atom is 0.0683 e. The molecule has 19 heavy (non-hydrogen) atoms. The van der Waals surface area contributed by atoms with Gasteiger partial charge in [0.25, 0.3) is 0 Å². The molecular formula is C16H31N3. The van der Waals surface area contributed by atoms with Crippen molar-refractivity contribution in [1.82, 2.24) is 9.80 Å². The summed E-state index contributed by atoms with van der Waals surface area (Å²) in [5.41, 5.74) is -0.144. The van der Waals surface area contributed by atoms with Crippen LogP contribution >= 0.6 is 0 Å². The zero-order valence-corrected chi connectivity index (χ0v) is 13.3. The predicted octanol–water partition coefficient (Wildman–Crippen LogP) is 3.12. The number of piperazine rings is 1.